The molecule has 1 N–H and O–H groups in total. The van der Waals surface area contributed by atoms with Gasteiger partial charge in [0.25, 0.3) is 0 Å². The first-order chi connectivity index (χ1) is 7.47. The number of carbonyl (C=O) groups is 2. The summed E-state index contributed by atoms with van der Waals surface area (Å²) in [5.74, 6) is 0.591. The second-order valence-corrected chi connectivity index (χ2v) is 4.81. The first kappa shape index (κ1) is 15.1. The molecule has 3 nitrogen and oxygen atoms in total. The van der Waals surface area contributed by atoms with Crippen molar-refractivity contribution in [3.63, 3.8) is 0 Å². The molecule has 1 amide bonds. The standard InChI is InChI=1S/C13H25NO2/c1-5-6-7-12(11(4)15)14-13(16)9-8-10(2)3/h10,12H,5-9H2,1-4H3,(H,14,16). The maximum Gasteiger partial charge on any atom is 0.220 e. The van der Waals surface area contributed by atoms with E-state index in [2.05, 4.69) is 26.1 Å². The molecule has 16 heavy (non-hydrogen) atoms. The predicted molar refractivity (Wildman–Crippen MR) is 66.2 cm³/mol. The van der Waals surface area contributed by atoms with E-state index < -0.39 is 0 Å². The highest BCUT2D eigenvalue weighted by Gasteiger charge is 2.16. The van der Waals surface area contributed by atoms with Crippen LogP contribution in [0.2, 0.25) is 0 Å². The van der Waals surface area contributed by atoms with E-state index in [1.54, 1.807) is 6.92 Å². The molecule has 0 aromatic carbocycles. The van der Waals surface area contributed by atoms with E-state index in [1.165, 1.54) is 0 Å². The van der Waals surface area contributed by atoms with Crippen molar-refractivity contribution >= 4 is 11.7 Å². The highest BCUT2D eigenvalue weighted by Crippen LogP contribution is 2.05. The first-order valence-electron chi connectivity index (χ1n) is 6.27. The second kappa shape index (κ2) is 8.31. The lowest BCUT2D eigenvalue weighted by molar-refractivity contribution is -0.127. The number of nitrogens with one attached hydrogen (secondary N) is 1. The normalized spacial score (nSPS) is 12.6. The molecule has 0 saturated carbocycles. The van der Waals surface area contributed by atoms with Crippen LogP contribution >= 0.6 is 0 Å². The SMILES string of the molecule is CCCCC(NC(=O)CCC(C)C)C(C)=O. The Morgan fingerprint density at radius 2 is 1.81 bits per heavy atom. The molecule has 94 valence electrons. The number of hydrogen-bond donors (Lipinski definition) is 1. The van der Waals surface area contributed by atoms with Crippen LogP contribution in [-0.2, 0) is 9.59 Å². The van der Waals surface area contributed by atoms with Gasteiger partial charge in [-0.2, -0.15) is 0 Å². The van der Waals surface area contributed by atoms with Crippen LogP contribution in [0, 0.1) is 5.92 Å². The summed E-state index contributed by atoms with van der Waals surface area (Å²) in [5, 5.41) is 2.82. The lowest BCUT2D eigenvalue weighted by Crippen LogP contribution is -2.39. The van der Waals surface area contributed by atoms with E-state index in [4.69, 9.17) is 0 Å². The molecule has 0 heterocycles. The summed E-state index contributed by atoms with van der Waals surface area (Å²) in [6, 6.07) is -0.278. The third-order valence-electron chi connectivity index (χ3n) is 2.62. The Balaban J connectivity index is 3.98. The molecule has 0 saturated heterocycles. The van der Waals surface area contributed by atoms with E-state index in [1.807, 2.05) is 0 Å². The fourth-order valence-electron chi connectivity index (χ4n) is 1.47. The minimum absolute atomic E-state index is 0.00463. The largest absolute Gasteiger partial charge is 0.346 e. The van der Waals surface area contributed by atoms with Gasteiger partial charge in [-0.3, -0.25) is 9.59 Å². The van der Waals surface area contributed by atoms with Crippen molar-refractivity contribution in [1.29, 1.82) is 0 Å². The Kier molecular flexibility index (Phi) is 7.86. The van der Waals surface area contributed by atoms with Crippen molar-refractivity contribution < 1.29 is 9.59 Å². The zero-order valence-corrected chi connectivity index (χ0v) is 11.0. The topological polar surface area (TPSA) is 46.2 Å². The zero-order chi connectivity index (χ0) is 12.6. The molecule has 0 spiro atoms. The number of hydrogen-bond acceptors (Lipinski definition) is 2. The molecule has 0 radical (unpaired) electrons. The fourth-order valence-corrected chi connectivity index (χ4v) is 1.47. The highest BCUT2D eigenvalue weighted by molar-refractivity contribution is 5.87. The summed E-state index contributed by atoms with van der Waals surface area (Å²) in [6.07, 6.45) is 4.19. The third-order valence-corrected chi connectivity index (χ3v) is 2.62. The van der Waals surface area contributed by atoms with E-state index in [9.17, 15) is 9.59 Å². The van der Waals surface area contributed by atoms with E-state index in [0.717, 1.165) is 25.7 Å². The summed E-state index contributed by atoms with van der Waals surface area (Å²) < 4.78 is 0. The molecule has 0 rings (SSSR count). The molecule has 3 heteroatoms. The molecule has 0 bridgehead atoms. The molecule has 0 aromatic rings. The predicted octanol–water partition coefficient (Wildman–Crippen LogP) is 2.69. The van der Waals surface area contributed by atoms with Gasteiger partial charge in [0.1, 0.15) is 0 Å². The Hall–Kier alpha value is -0.860. The Morgan fingerprint density at radius 1 is 1.19 bits per heavy atom. The van der Waals surface area contributed by atoms with Gasteiger partial charge in [-0.15, -0.1) is 0 Å². The average Bonchev–Trinajstić information content (AvgIpc) is 2.20. The van der Waals surface area contributed by atoms with Crippen LogP contribution in [0.4, 0.5) is 0 Å². The van der Waals surface area contributed by atoms with Crippen LogP contribution in [0.3, 0.4) is 0 Å². The van der Waals surface area contributed by atoms with Crippen molar-refractivity contribution in [2.24, 2.45) is 5.92 Å². The van der Waals surface area contributed by atoms with Crippen molar-refractivity contribution in [3.05, 3.63) is 0 Å². The molecule has 0 aromatic heterocycles. The Bertz CT molecular complexity index is 224. The number of ketones is 1. The summed E-state index contributed by atoms with van der Waals surface area (Å²) in [6.45, 7) is 7.81. The van der Waals surface area contributed by atoms with Gasteiger partial charge in [-0.05, 0) is 25.7 Å². The zero-order valence-electron chi connectivity index (χ0n) is 11.0. The van der Waals surface area contributed by atoms with E-state index in [-0.39, 0.29) is 17.7 Å². The molecule has 1 unspecified atom stereocenters. The maximum absolute atomic E-state index is 11.6. The lowest BCUT2D eigenvalue weighted by atomic mass is 10.0. The smallest absolute Gasteiger partial charge is 0.220 e. The van der Waals surface area contributed by atoms with Gasteiger partial charge in [0.05, 0.1) is 6.04 Å². The number of unbranched alkanes of at least 4 members (excludes halogenated alkanes) is 1. The first-order valence-corrected chi connectivity index (χ1v) is 6.27. The number of Topliss-reactive ketones (excluding diaryl/α,β-unsaturated/α-hetero) is 1. The van der Waals surface area contributed by atoms with Crippen molar-refractivity contribution in [2.75, 3.05) is 0 Å². The Labute approximate surface area is 99.0 Å². The molecule has 0 fully saturated rings. The monoisotopic (exact) mass is 227 g/mol. The average molecular weight is 227 g/mol. The van der Waals surface area contributed by atoms with Crippen LogP contribution in [-0.4, -0.2) is 17.7 Å². The molecule has 0 aliphatic carbocycles. The molecular formula is C13H25NO2. The van der Waals surface area contributed by atoms with Gasteiger partial charge < -0.3 is 5.32 Å². The van der Waals surface area contributed by atoms with Crippen LogP contribution in [0.1, 0.15) is 59.8 Å². The summed E-state index contributed by atoms with van der Waals surface area (Å²) in [7, 11) is 0. The summed E-state index contributed by atoms with van der Waals surface area (Å²) in [4.78, 5) is 22.9. The van der Waals surface area contributed by atoms with Gasteiger partial charge in [0.2, 0.25) is 5.91 Å². The van der Waals surface area contributed by atoms with Gasteiger partial charge in [0.15, 0.2) is 5.78 Å². The van der Waals surface area contributed by atoms with Crippen LogP contribution in [0.15, 0.2) is 0 Å². The van der Waals surface area contributed by atoms with Gasteiger partial charge in [-0.1, -0.05) is 33.6 Å². The maximum atomic E-state index is 11.6. The van der Waals surface area contributed by atoms with E-state index >= 15 is 0 Å². The Morgan fingerprint density at radius 3 is 2.25 bits per heavy atom. The fraction of sp³-hybridized carbons (Fsp3) is 0.846. The van der Waals surface area contributed by atoms with Crippen LogP contribution in [0.25, 0.3) is 0 Å². The van der Waals surface area contributed by atoms with Gasteiger partial charge in [-0.25, -0.2) is 0 Å². The third kappa shape index (κ3) is 7.43. The summed E-state index contributed by atoms with van der Waals surface area (Å²) >= 11 is 0. The van der Waals surface area contributed by atoms with Crippen molar-refractivity contribution in [1.82, 2.24) is 5.32 Å². The van der Waals surface area contributed by atoms with Gasteiger partial charge in [0, 0.05) is 6.42 Å². The lowest BCUT2D eigenvalue weighted by Gasteiger charge is -2.15. The van der Waals surface area contributed by atoms with Crippen LogP contribution in [0.5, 0.6) is 0 Å². The molecule has 1 atom stereocenters. The van der Waals surface area contributed by atoms with Crippen LogP contribution < -0.4 is 5.32 Å². The molecular weight excluding hydrogens is 202 g/mol. The highest BCUT2D eigenvalue weighted by atomic mass is 16.2. The number of rotatable bonds is 8. The molecule has 0 aliphatic heterocycles. The van der Waals surface area contributed by atoms with Crippen molar-refractivity contribution in [2.45, 2.75) is 65.8 Å². The molecule has 0 aliphatic rings. The quantitative estimate of drug-likeness (QED) is 0.693. The minimum Gasteiger partial charge on any atom is -0.346 e. The number of carbonyl (C=O) groups excluding carboxylic acids is 2. The minimum atomic E-state index is -0.278. The van der Waals surface area contributed by atoms with Crippen molar-refractivity contribution in [3.8, 4) is 0 Å². The van der Waals surface area contributed by atoms with E-state index in [0.29, 0.717) is 12.3 Å². The van der Waals surface area contributed by atoms with Gasteiger partial charge >= 0.3 is 0 Å². The number of amides is 1. The second-order valence-electron chi connectivity index (χ2n) is 4.81. The summed E-state index contributed by atoms with van der Waals surface area (Å²) in [5.41, 5.74) is 0.